The summed E-state index contributed by atoms with van der Waals surface area (Å²) in [4.78, 5) is 13.2. The van der Waals surface area contributed by atoms with E-state index < -0.39 is 14.2 Å². The fourth-order valence-corrected chi connectivity index (χ4v) is 5.37. The minimum atomic E-state index is -1.44. The van der Waals surface area contributed by atoms with Crippen LogP contribution in [0.5, 0.6) is 11.5 Å². The van der Waals surface area contributed by atoms with Gasteiger partial charge in [-0.3, -0.25) is 0 Å². The summed E-state index contributed by atoms with van der Waals surface area (Å²) in [6.45, 7) is 10.4. The molecule has 3 atom stereocenters. The van der Waals surface area contributed by atoms with Crippen molar-refractivity contribution in [2.24, 2.45) is 0 Å². The van der Waals surface area contributed by atoms with E-state index in [-0.39, 0.29) is 37.8 Å². The van der Waals surface area contributed by atoms with E-state index in [0.717, 1.165) is 27.6 Å². The third kappa shape index (κ3) is 7.75. The van der Waals surface area contributed by atoms with Crippen molar-refractivity contribution >= 4 is 24.9 Å². The van der Waals surface area contributed by atoms with Gasteiger partial charge in [0.1, 0.15) is 18.1 Å². The molecule has 0 radical (unpaired) electrons. The van der Waals surface area contributed by atoms with Gasteiger partial charge in [0.05, 0.1) is 33.9 Å². The molecule has 1 saturated heterocycles. The molecule has 1 aliphatic heterocycles. The van der Waals surface area contributed by atoms with Crippen LogP contribution in [0.3, 0.4) is 0 Å². The molecule has 0 bridgehead atoms. The molecule has 0 aliphatic carbocycles. The lowest BCUT2D eigenvalue weighted by Gasteiger charge is -2.37. The van der Waals surface area contributed by atoms with Crippen molar-refractivity contribution in [2.45, 2.75) is 57.3 Å². The van der Waals surface area contributed by atoms with E-state index in [2.05, 4.69) is 32.6 Å². The Kier molecular flexibility index (Phi) is 10.1. The fraction of sp³-hybridized carbons (Fsp3) is 0.452. The van der Waals surface area contributed by atoms with Crippen molar-refractivity contribution in [1.29, 1.82) is 0 Å². The normalized spacial score (nSPS) is 18.5. The number of piperidine rings is 1. The van der Waals surface area contributed by atoms with Gasteiger partial charge in [0.15, 0.2) is 6.79 Å². The molecule has 0 aromatic heterocycles. The van der Waals surface area contributed by atoms with E-state index in [9.17, 15) is 9.90 Å². The van der Waals surface area contributed by atoms with E-state index in [1.807, 2.05) is 54.6 Å². The van der Waals surface area contributed by atoms with Gasteiger partial charge < -0.3 is 34.1 Å². The number of carbonyl (C=O) groups is 1. The van der Waals surface area contributed by atoms with Gasteiger partial charge in [-0.15, -0.1) is 0 Å². The highest BCUT2D eigenvalue weighted by molar-refractivity contribution is 6.77. The Hall–Kier alpha value is -3.11. The van der Waals surface area contributed by atoms with Crippen LogP contribution in [0.4, 0.5) is 4.79 Å². The van der Waals surface area contributed by atoms with E-state index in [4.69, 9.17) is 24.1 Å². The monoisotopic (exact) mass is 567 g/mol. The number of rotatable bonds is 12. The summed E-state index contributed by atoms with van der Waals surface area (Å²) in [7, 11) is -1.44. The summed E-state index contributed by atoms with van der Waals surface area (Å²) in [5, 5.41) is 20.7. The first kappa shape index (κ1) is 29.9. The van der Waals surface area contributed by atoms with Gasteiger partial charge in [0.25, 0.3) is 0 Å². The summed E-state index contributed by atoms with van der Waals surface area (Å²) in [5.41, 5.74) is 2.19. The first-order chi connectivity index (χ1) is 19.2. The molecular formula is C31H41NO7Si. The van der Waals surface area contributed by atoms with Gasteiger partial charge in [0.2, 0.25) is 0 Å². The van der Waals surface area contributed by atoms with Gasteiger partial charge in [-0.25, -0.2) is 4.79 Å². The van der Waals surface area contributed by atoms with Gasteiger partial charge in [-0.05, 0) is 54.1 Å². The number of aliphatic hydroxyl groups is 1. The highest BCUT2D eigenvalue weighted by Crippen LogP contribution is 2.33. The van der Waals surface area contributed by atoms with Crippen molar-refractivity contribution in [3.63, 3.8) is 0 Å². The number of likely N-dealkylation sites (tertiary alicyclic amines) is 1. The number of hydrogen-bond acceptors (Lipinski definition) is 6. The standard InChI is InChI=1S/C31H41NO7Si/c1-22(40(2,3)4)38-21-39-29-18-23(17-25-7-5-6-8-27(25)29)20-37-30-19-32(31(34)35)14-13-28(30)24-9-11-26(12-10-24)36-16-15-33/h5-12,17-18,22,28,30,33H,13-16,19-21H2,1-4H3,(H,34,35). The van der Waals surface area contributed by atoms with Crippen molar-refractivity contribution in [1.82, 2.24) is 4.90 Å². The predicted molar refractivity (Wildman–Crippen MR) is 158 cm³/mol. The maximum absolute atomic E-state index is 11.8. The zero-order valence-corrected chi connectivity index (χ0v) is 24.8. The molecule has 1 aliphatic rings. The number of nitrogens with zero attached hydrogens (tertiary/aromatic N) is 1. The summed E-state index contributed by atoms with van der Waals surface area (Å²) in [6.07, 6.45) is -0.591. The van der Waals surface area contributed by atoms with Gasteiger partial charge in [-0.1, -0.05) is 56.0 Å². The zero-order valence-electron chi connectivity index (χ0n) is 23.8. The molecule has 2 N–H and O–H groups in total. The number of ether oxygens (including phenoxy) is 4. The molecular weight excluding hydrogens is 526 g/mol. The maximum Gasteiger partial charge on any atom is 0.407 e. The van der Waals surface area contributed by atoms with Gasteiger partial charge in [0, 0.05) is 23.6 Å². The molecule has 1 heterocycles. The van der Waals surface area contributed by atoms with Crippen LogP contribution in [0.15, 0.2) is 60.7 Å². The molecule has 4 rings (SSSR count). The summed E-state index contributed by atoms with van der Waals surface area (Å²) >= 11 is 0. The van der Waals surface area contributed by atoms with Crippen molar-refractivity contribution in [3.8, 4) is 11.5 Å². The van der Waals surface area contributed by atoms with Gasteiger partial charge in [-0.2, -0.15) is 0 Å². The second kappa shape index (κ2) is 13.5. The Bertz CT molecular complexity index is 1260. The average Bonchev–Trinajstić information content (AvgIpc) is 2.94. The molecule has 8 nitrogen and oxygen atoms in total. The molecule has 3 unspecified atom stereocenters. The Labute approximate surface area is 237 Å². The molecule has 9 heteroatoms. The molecule has 3 aromatic rings. The van der Waals surface area contributed by atoms with Crippen LogP contribution in [0, 0.1) is 0 Å². The molecule has 0 spiro atoms. The molecule has 1 fully saturated rings. The number of carboxylic acid groups (broad SMARTS) is 1. The number of fused-ring (bicyclic) bond motifs is 1. The largest absolute Gasteiger partial charge is 0.491 e. The smallest absolute Gasteiger partial charge is 0.407 e. The lowest BCUT2D eigenvalue weighted by molar-refractivity contribution is -0.0202. The third-order valence-corrected chi connectivity index (χ3v) is 10.2. The van der Waals surface area contributed by atoms with Crippen LogP contribution >= 0.6 is 0 Å². The highest BCUT2D eigenvalue weighted by Gasteiger charge is 2.33. The van der Waals surface area contributed by atoms with Crippen molar-refractivity contribution in [3.05, 3.63) is 71.8 Å². The number of aliphatic hydroxyl groups excluding tert-OH is 1. The molecule has 1 amide bonds. The quantitative estimate of drug-likeness (QED) is 0.208. The van der Waals surface area contributed by atoms with E-state index >= 15 is 0 Å². The van der Waals surface area contributed by atoms with Crippen LogP contribution in [-0.4, -0.2) is 74.2 Å². The number of benzene rings is 3. The zero-order chi connectivity index (χ0) is 28.7. The summed E-state index contributed by atoms with van der Waals surface area (Å²) in [6, 6.07) is 19.9. The molecule has 0 saturated carbocycles. The second-order valence-corrected chi connectivity index (χ2v) is 16.9. The number of amides is 1. The maximum atomic E-state index is 11.8. The van der Waals surface area contributed by atoms with Crippen LogP contribution < -0.4 is 9.47 Å². The van der Waals surface area contributed by atoms with Crippen LogP contribution in [-0.2, 0) is 16.1 Å². The average molecular weight is 568 g/mol. The lowest BCUT2D eigenvalue weighted by Crippen LogP contribution is -2.46. The van der Waals surface area contributed by atoms with Crippen molar-refractivity contribution in [2.75, 3.05) is 33.1 Å². The number of hydrogen-bond donors (Lipinski definition) is 2. The minimum Gasteiger partial charge on any atom is -0.491 e. The highest BCUT2D eigenvalue weighted by atomic mass is 28.3. The Morgan fingerprint density at radius 3 is 2.52 bits per heavy atom. The third-order valence-electron chi connectivity index (χ3n) is 7.60. The predicted octanol–water partition coefficient (Wildman–Crippen LogP) is 5.88. The summed E-state index contributed by atoms with van der Waals surface area (Å²) in [5.74, 6) is 1.46. The van der Waals surface area contributed by atoms with Crippen LogP contribution in [0.25, 0.3) is 10.8 Å². The topological polar surface area (TPSA) is 97.7 Å². The molecule has 3 aromatic carbocycles. The second-order valence-electron chi connectivity index (χ2n) is 11.4. The first-order valence-corrected chi connectivity index (χ1v) is 17.4. The van der Waals surface area contributed by atoms with Crippen LogP contribution in [0.1, 0.15) is 30.4 Å². The van der Waals surface area contributed by atoms with Crippen molar-refractivity contribution < 1.29 is 34.0 Å². The fourth-order valence-electron chi connectivity index (χ4n) is 4.81. The Morgan fingerprint density at radius 1 is 1.07 bits per heavy atom. The van der Waals surface area contributed by atoms with E-state index in [1.54, 1.807) is 0 Å². The SMILES string of the molecule is CC(OCOc1cc(COC2CN(C(=O)O)CCC2c2ccc(OCCO)cc2)cc2ccccc12)[Si](C)(C)C. The molecule has 40 heavy (non-hydrogen) atoms. The first-order valence-electron chi connectivity index (χ1n) is 13.8. The Morgan fingerprint density at radius 2 is 1.82 bits per heavy atom. The molecule has 216 valence electrons. The van der Waals surface area contributed by atoms with E-state index in [0.29, 0.717) is 31.9 Å². The van der Waals surface area contributed by atoms with Crippen LogP contribution in [0.2, 0.25) is 19.6 Å². The van der Waals surface area contributed by atoms with Gasteiger partial charge >= 0.3 is 6.09 Å². The lowest BCUT2D eigenvalue weighted by atomic mass is 9.87. The van der Waals surface area contributed by atoms with E-state index in [1.165, 1.54) is 4.90 Å². The summed E-state index contributed by atoms with van der Waals surface area (Å²) < 4.78 is 24.1. The Balaban J connectivity index is 1.50. The minimum absolute atomic E-state index is 0.0371.